The SMILES string of the molecule is c1ccc(C2=NCC(c3ccccc3)=[N+]2c2ccc(-n3c4ccccc4c4ccccc43)cc2)cc1. The number of aromatic nitrogens is 1. The summed E-state index contributed by atoms with van der Waals surface area (Å²) in [5, 5.41) is 2.55. The van der Waals surface area contributed by atoms with Gasteiger partial charge in [-0.25, -0.2) is 0 Å². The minimum absolute atomic E-state index is 0.656. The van der Waals surface area contributed by atoms with Crippen LogP contribution in [-0.4, -0.2) is 27.2 Å². The summed E-state index contributed by atoms with van der Waals surface area (Å²) in [6, 6.07) is 47.1. The zero-order valence-corrected chi connectivity index (χ0v) is 19.8. The summed E-state index contributed by atoms with van der Waals surface area (Å²) in [5.74, 6) is 0.985. The van der Waals surface area contributed by atoms with Crippen LogP contribution in [0.25, 0.3) is 27.5 Å². The highest BCUT2D eigenvalue weighted by Gasteiger charge is 2.31. The fraction of sp³-hybridized carbons (Fsp3) is 0.0303. The van der Waals surface area contributed by atoms with Crippen molar-refractivity contribution < 1.29 is 4.58 Å². The zero-order chi connectivity index (χ0) is 23.9. The molecule has 1 aromatic heterocycles. The highest BCUT2D eigenvalue weighted by molar-refractivity contribution is 6.10. The molecule has 3 nitrogen and oxygen atoms in total. The van der Waals surface area contributed by atoms with E-state index in [-0.39, 0.29) is 0 Å². The van der Waals surface area contributed by atoms with Gasteiger partial charge >= 0.3 is 5.84 Å². The molecule has 0 spiro atoms. The Morgan fingerprint density at radius 2 is 1.06 bits per heavy atom. The molecule has 6 aromatic rings. The van der Waals surface area contributed by atoms with E-state index in [0.717, 1.165) is 22.8 Å². The Kier molecular flexibility index (Phi) is 4.85. The largest absolute Gasteiger partial charge is 0.330 e. The van der Waals surface area contributed by atoms with Gasteiger partial charge in [0.1, 0.15) is 5.69 Å². The lowest BCUT2D eigenvalue weighted by Crippen LogP contribution is -2.21. The first-order valence-electron chi connectivity index (χ1n) is 12.3. The van der Waals surface area contributed by atoms with Crippen LogP contribution < -0.4 is 0 Å². The topological polar surface area (TPSA) is 20.3 Å². The quantitative estimate of drug-likeness (QED) is 0.244. The third-order valence-corrected chi connectivity index (χ3v) is 6.95. The van der Waals surface area contributed by atoms with Crippen molar-refractivity contribution >= 4 is 39.0 Å². The minimum Gasteiger partial charge on any atom is -0.309 e. The summed E-state index contributed by atoms with van der Waals surface area (Å²) >= 11 is 0. The molecule has 5 aromatic carbocycles. The highest BCUT2D eigenvalue weighted by atomic mass is 15.2. The van der Waals surface area contributed by atoms with E-state index in [1.54, 1.807) is 0 Å². The second-order valence-corrected chi connectivity index (χ2v) is 9.04. The van der Waals surface area contributed by atoms with Crippen LogP contribution in [0, 0.1) is 0 Å². The Hall–Kier alpha value is -4.76. The van der Waals surface area contributed by atoms with E-state index in [0.29, 0.717) is 6.54 Å². The summed E-state index contributed by atoms with van der Waals surface area (Å²) in [6.07, 6.45) is 0. The van der Waals surface area contributed by atoms with Crippen LogP contribution in [0.15, 0.2) is 138 Å². The average Bonchev–Trinajstić information content (AvgIpc) is 3.54. The molecule has 3 heteroatoms. The number of hydrogen-bond acceptors (Lipinski definition) is 1. The van der Waals surface area contributed by atoms with Crippen molar-refractivity contribution in [2.24, 2.45) is 4.99 Å². The van der Waals surface area contributed by atoms with E-state index >= 15 is 0 Å². The van der Waals surface area contributed by atoms with Gasteiger partial charge in [0.05, 0.1) is 16.6 Å². The maximum Gasteiger partial charge on any atom is 0.330 e. The van der Waals surface area contributed by atoms with Crippen LogP contribution >= 0.6 is 0 Å². The van der Waals surface area contributed by atoms with Gasteiger partial charge in [-0.05, 0) is 48.5 Å². The van der Waals surface area contributed by atoms with Gasteiger partial charge in [-0.1, -0.05) is 89.9 Å². The van der Waals surface area contributed by atoms with Crippen LogP contribution in [0.4, 0.5) is 5.69 Å². The van der Waals surface area contributed by atoms with Crippen molar-refractivity contribution in [2.45, 2.75) is 0 Å². The Morgan fingerprint density at radius 1 is 0.528 bits per heavy atom. The molecule has 7 rings (SSSR count). The number of benzene rings is 5. The summed E-state index contributed by atoms with van der Waals surface area (Å²) in [5.41, 5.74) is 8.20. The predicted molar refractivity (Wildman–Crippen MR) is 149 cm³/mol. The third kappa shape index (κ3) is 3.29. The Labute approximate surface area is 209 Å². The second kappa shape index (κ2) is 8.47. The maximum atomic E-state index is 4.98. The van der Waals surface area contributed by atoms with E-state index in [4.69, 9.17) is 4.99 Å². The Morgan fingerprint density at radius 3 is 1.67 bits per heavy atom. The Balaban J connectivity index is 1.39. The van der Waals surface area contributed by atoms with Crippen LogP contribution in [0.1, 0.15) is 11.1 Å². The Bertz CT molecular complexity index is 1720. The average molecular weight is 463 g/mol. The number of amidine groups is 1. The lowest BCUT2D eigenvalue weighted by molar-refractivity contribution is -0.300. The molecule has 0 saturated carbocycles. The normalized spacial score (nSPS) is 13.5. The molecule has 2 heterocycles. The van der Waals surface area contributed by atoms with E-state index in [2.05, 4.69) is 137 Å². The molecule has 0 unspecified atom stereocenters. The molecule has 0 N–H and O–H groups in total. The zero-order valence-electron chi connectivity index (χ0n) is 19.8. The van der Waals surface area contributed by atoms with Gasteiger partial charge < -0.3 is 4.57 Å². The fourth-order valence-corrected chi connectivity index (χ4v) is 5.31. The van der Waals surface area contributed by atoms with Crippen LogP contribution in [0.3, 0.4) is 0 Å². The van der Waals surface area contributed by atoms with Gasteiger partial charge in [-0.2, -0.15) is 4.58 Å². The minimum atomic E-state index is 0.656. The lowest BCUT2D eigenvalue weighted by atomic mass is 10.1. The lowest BCUT2D eigenvalue weighted by Gasteiger charge is -2.11. The monoisotopic (exact) mass is 462 g/mol. The van der Waals surface area contributed by atoms with Crippen LogP contribution in [-0.2, 0) is 0 Å². The standard InChI is InChI=1S/C33H24N3/c1-3-11-24(12-4-1)32-23-34-33(25-13-5-2-6-14-25)36(32)27-21-19-26(20-22-27)35-30-17-9-7-15-28(30)29-16-8-10-18-31(29)35/h1-22H,23H2/q+1. The van der Waals surface area contributed by atoms with Crippen molar-refractivity contribution in [1.29, 1.82) is 0 Å². The molecule has 36 heavy (non-hydrogen) atoms. The van der Waals surface area contributed by atoms with Crippen LogP contribution in [0.5, 0.6) is 0 Å². The van der Waals surface area contributed by atoms with E-state index in [9.17, 15) is 0 Å². The molecule has 0 amide bonds. The third-order valence-electron chi connectivity index (χ3n) is 6.95. The fourth-order valence-electron chi connectivity index (χ4n) is 5.31. The van der Waals surface area contributed by atoms with Crippen molar-refractivity contribution in [3.05, 3.63) is 145 Å². The van der Waals surface area contributed by atoms with E-state index < -0.39 is 0 Å². The van der Waals surface area contributed by atoms with Crippen molar-refractivity contribution in [3.63, 3.8) is 0 Å². The van der Waals surface area contributed by atoms with E-state index in [1.165, 1.54) is 33.1 Å². The number of fused-ring (bicyclic) bond motifs is 3. The summed E-state index contributed by atoms with van der Waals surface area (Å²) in [4.78, 5) is 4.98. The number of hydrogen-bond donors (Lipinski definition) is 0. The second-order valence-electron chi connectivity index (χ2n) is 9.04. The van der Waals surface area contributed by atoms with Crippen molar-refractivity contribution in [1.82, 2.24) is 4.57 Å². The van der Waals surface area contributed by atoms with Gasteiger partial charge in [0.2, 0.25) is 0 Å². The van der Waals surface area contributed by atoms with Gasteiger partial charge in [0, 0.05) is 22.0 Å². The molecule has 0 radical (unpaired) electrons. The van der Waals surface area contributed by atoms with E-state index in [1.807, 2.05) is 6.07 Å². The molecule has 0 bridgehead atoms. The van der Waals surface area contributed by atoms with Crippen molar-refractivity contribution in [3.8, 4) is 5.69 Å². The molecule has 1 aliphatic rings. The maximum absolute atomic E-state index is 4.98. The number of rotatable bonds is 4. The van der Waals surface area contributed by atoms with Gasteiger partial charge in [-0.3, -0.25) is 0 Å². The molecule has 0 saturated heterocycles. The molecule has 0 fully saturated rings. The first kappa shape index (κ1) is 20.6. The molecule has 0 atom stereocenters. The summed E-state index contributed by atoms with van der Waals surface area (Å²) in [6.45, 7) is 0.656. The smallest absolute Gasteiger partial charge is 0.309 e. The first-order valence-corrected chi connectivity index (χ1v) is 12.3. The molecule has 0 aliphatic carbocycles. The number of nitrogens with zero attached hydrogens (tertiary/aromatic N) is 3. The van der Waals surface area contributed by atoms with Gasteiger partial charge in [0.15, 0.2) is 12.3 Å². The van der Waals surface area contributed by atoms with Crippen molar-refractivity contribution in [2.75, 3.05) is 6.54 Å². The molecular weight excluding hydrogens is 438 g/mol. The summed E-state index contributed by atoms with van der Waals surface area (Å²) in [7, 11) is 0. The number of para-hydroxylation sites is 2. The predicted octanol–water partition coefficient (Wildman–Crippen LogP) is 7.38. The first-order chi connectivity index (χ1) is 17.9. The summed E-state index contributed by atoms with van der Waals surface area (Å²) < 4.78 is 4.66. The molecule has 1 aliphatic heterocycles. The van der Waals surface area contributed by atoms with Gasteiger partial charge in [0.25, 0.3) is 0 Å². The molecular formula is C33H24N3+. The highest BCUT2D eigenvalue weighted by Crippen LogP contribution is 2.32. The van der Waals surface area contributed by atoms with Crippen LogP contribution in [0.2, 0.25) is 0 Å². The van der Waals surface area contributed by atoms with Gasteiger partial charge in [-0.15, -0.1) is 0 Å². The number of aliphatic imine (C=N–C) groups is 1. The molecule has 170 valence electrons.